The van der Waals surface area contributed by atoms with Crippen molar-refractivity contribution in [1.29, 1.82) is 0 Å². The van der Waals surface area contributed by atoms with Crippen molar-refractivity contribution in [2.75, 3.05) is 41.0 Å². The van der Waals surface area contributed by atoms with Crippen LogP contribution in [0.25, 0.3) is 0 Å². The van der Waals surface area contributed by atoms with Crippen molar-refractivity contribution >= 4 is 5.96 Å². The molecule has 2 N–H and O–H groups in total. The summed E-state index contributed by atoms with van der Waals surface area (Å²) in [4.78, 5) is 4.24. The molecule has 1 aromatic carbocycles. The van der Waals surface area contributed by atoms with E-state index in [0.29, 0.717) is 6.10 Å². The number of benzene rings is 1. The van der Waals surface area contributed by atoms with Crippen molar-refractivity contribution in [1.82, 2.24) is 10.6 Å². The van der Waals surface area contributed by atoms with Crippen LogP contribution >= 0.6 is 0 Å². The van der Waals surface area contributed by atoms with Crippen LogP contribution in [0.2, 0.25) is 0 Å². The average molecular weight is 321 g/mol. The summed E-state index contributed by atoms with van der Waals surface area (Å²) in [6.45, 7) is 2.42. The molecular weight excluding hydrogens is 294 g/mol. The predicted molar refractivity (Wildman–Crippen MR) is 91.6 cm³/mol. The Bertz CT molecular complexity index is 514. The van der Waals surface area contributed by atoms with Gasteiger partial charge in [-0.15, -0.1) is 0 Å². The van der Waals surface area contributed by atoms with Crippen LogP contribution in [-0.2, 0) is 11.2 Å². The molecule has 0 aliphatic carbocycles. The van der Waals surface area contributed by atoms with Gasteiger partial charge in [0.2, 0.25) is 0 Å². The first kappa shape index (κ1) is 17.4. The second kappa shape index (κ2) is 9.25. The molecule has 1 saturated heterocycles. The molecule has 0 aromatic heterocycles. The van der Waals surface area contributed by atoms with Crippen molar-refractivity contribution in [3.63, 3.8) is 0 Å². The van der Waals surface area contributed by atoms with Crippen molar-refractivity contribution < 1.29 is 14.2 Å². The van der Waals surface area contributed by atoms with Gasteiger partial charge < -0.3 is 24.8 Å². The topological polar surface area (TPSA) is 64.1 Å². The molecule has 0 spiro atoms. The molecule has 0 saturated carbocycles. The Balaban J connectivity index is 1.80. The molecular formula is C17H27N3O3. The largest absolute Gasteiger partial charge is 0.497 e. The molecule has 0 bridgehead atoms. The van der Waals surface area contributed by atoms with Crippen LogP contribution in [0.5, 0.6) is 11.5 Å². The maximum Gasteiger partial charge on any atom is 0.191 e. The molecule has 6 heteroatoms. The van der Waals surface area contributed by atoms with E-state index in [1.54, 1.807) is 21.3 Å². The molecule has 128 valence electrons. The maximum absolute atomic E-state index is 5.60. The number of hydrogen-bond donors (Lipinski definition) is 2. The van der Waals surface area contributed by atoms with Gasteiger partial charge in [0.25, 0.3) is 0 Å². The third kappa shape index (κ3) is 5.32. The second-order valence-corrected chi connectivity index (χ2v) is 5.44. The summed E-state index contributed by atoms with van der Waals surface area (Å²) in [7, 11) is 5.12. The monoisotopic (exact) mass is 321 g/mol. The van der Waals surface area contributed by atoms with Crippen LogP contribution < -0.4 is 20.1 Å². The molecule has 1 fully saturated rings. The fourth-order valence-corrected chi connectivity index (χ4v) is 2.63. The summed E-state index contributed by atoms with van der Waals surface area (Å²) in [5, 5.41) is 6.62. The fourth-order valence-electron chi connectivity index (χ4n) is 2.63. The normalized spacial score (nSPS) is 17.9. The fraction of sp³-hybridized carbons (Fsp3) is 0.588. The Morgan fingerprint density at radius 1 is 1.30 bits per heavy atom. The SMILES string of the molecule is CN=C(NCCc1cc(OC)ccc1OC)NCC1CCCO1. The van der Waals surface area contributed by atoms with Gasteiger partial charge in [-0.2, -0.15) is 0 Å². The lowest BCUT2D eigenvalue weighted by Gasteiger charge is -2.16. The molecule has 6 nitrogen and oxygen atoms in total. The number of nitrogens with one attached hydrogen (secondary N) is 2. The lowest BCUT2D eigenvalue weighted by Crippen LogP contribution is -2.41. The van der Waals surface area contributed by atoms with Gasteiger partial charge in [0.15, 0.2) is 5.96 Å². The number of hydrogen-bond acceptors (Lipinski definition) is 4. The number of aliphatic imine (C=N–C) groups is 1. The van der Waals surface area contributed by atoms with E-state index in [1.165, 1.54) is 0 Å². The standard InChI is InChI=1S/C17H27N3O3/c1-18-17(20-12-15-5-4-10-23-15)19-9-8-13-11-14(21-2)6-7-16(13)22-3/h6-7,11,15H,4-5,8-10,12H2,1-3H3,(H2,18,19,20). The smallest absolute Gasteiger partial charge is 0.191 e. The van der Waals surface area contributed by atoms with Gasteiger partial charge in [-0.3, -0.25) is 4.99 Å². The highest BCUT2D eigenvalue weighted by Crippen LogP contribution is 2.24. The third-order valence-corrected chi connectivity index (χ3v) is 3.92. The quantitative estimate of drug-likeness (QED) is 0.590. The highest BCUT2D eigenvalue weighted by molar-refractivity contribution is 5.79. The summed E-state index contributed by atoms with van der Waals surface area (Å²) in [6, 6.07) is 5.83. The lowest BCUT2D eigenvalue weighted by atomic mass is 10.1. The van der Waals surface area contributed by atoms with E-state index in [1.807, 2.05) is 18.2 Å². The average Bonchev–Trinajstić information content (AvgIpc) is 3.11. The van der Waals surface area contributed by atoms with Crippen LogP contribution in [0, 0.1) is 0 Å². The van der Waals surface area contributed by atoms with Gasteiger partial charge >= 0.3 is 0 Å². The lowest BCUT2D eigenvalue weighted by molar-refractivity contribution is 0.114. The predicted octanol–water partition coefficient (Wildman–Crippen LogP) is 1.59. The van der Waals surface area contributed by atoms with E-state index < -0.39 is 0 Å². The molecule has 1 unspecified atom stereocenters. The van der Waals surface area contributed by atoms with Crippen LogP contribution in [0.15, 0.2) is 23.2 Å². The van der Waals surface area contributed by atoms with Gasteiger partial charge in [0.05, 0.1) is 20.3 Å². The van der Waals surface area contributed by atoms with Crippen LogP contribution in [0.1, 0.15) is 18.4 Å². The van der Waals surface area contributed by atoms with E-state index in [4.69, 9.17) is 14.2 Å². The van der Waals surface area contributed by atoms with Gasteiger partial charge in [-0.05, 0) is 43.0 Å². The number of ether oxygens (including phenoxy) is 3. The molecule has 1 heterocycles. The third-order valence-electron chi connectivity index (χ3n) is 3.92. The van der Waals surface area contributed by atoms with Crippen molar-refractivity contribution in [2.45, 2.75) is 25.4 Å². The van der Waals surface area contributed by atoms with E-state index in [2.05, 4.69) is 15.6 Å². The minimum atomic E-state index is 0.298. The number of guanidine groups is 1. The van der Waals surface area contributed by atoms with Crippen LogP contribution in [-0.4, -0.2) is 53.0 Å². The summed E-state index contributed by atoms with van der Waals surface area (Å²) in [5.41, 5.74) is 1.11. The molecule has 0 amide bonds. The Hall–Kier alpha value is -1.95. The van der Waals surface area contributed by atoms with Crippen molar-refractivity contribution in [3.05, 3.63) is 23.8 Å². The molecule has 1 atom stereocenters. The number of rotatable bonds is 7. The van der Waals surface area contributed by atoms with Crippen LogP contribution in [0.3, 0.4) is 0 Å². The van der Waals surface area contributed by atoms with Crippen LogP contribution in [0.4, 0.5) is 0 Å². The van der Waals surface area contributed by atoms with E-state index in [9.17, 15) is 0 Å². The minimum absolute atomic E-state index is 0.298. The Morgan fingerprint density at radius 3 is 2.83 bits per heavy atom. The zero-order valence-electron chi connectivity index (χ0n) is 14.2. The van der Waals surface area contributed by atoms with Crippen molar-refractivity contribution in [2.24, 2.45) is 4.99 Å². The van der Waals surface area contributed by atoms with E-state index >= 15 is 0 Å². The Kier molecular flexibility index (Phi) is 7.00. The molecule has 2 rings (SSSR count). The summed E-state index contributed by atoms with van der Waals surface area (Å²) in [6.07, 6.45) is 3.38. The Morgan fingerprint density at radius 2 is 2.17 bits per heavy atom. The Labute approximate surface area is 138 Å². The van der Waals surface area contributed by atoms with Crippen molar-refractivity contribution in [3.8, 4) is 11.5 Å². The first-order valence-corrected chi connectivity index (χ1v) is 8.04. The highest BCUT2D eigenvalue weighted by Gasteiger charge is 2.15. The first-order valence-electron chi connectivity index (χ1n) is 8.04. The first-order chi connectivity index (χ1) is 11.3. The molecule has 0 radical (unpaired) electrons. The van der Waals surface area contributed by atoms with E-state index in [0.717, 1.165) is 62.0 Å². The maximum atomic E-state index is 5.60. The zero-order chi connectivity index (χ0) is 16.5. The van der Waals surface area contributed by atoms with E-state index in [-0.39, 0.29) is 0 Å². The van der Waals surface area contributed by atoms with Gasteiger partial charge in [0, 0.05) is 26.7 Å². The van der Waals surface area contributed by atoms with Gasteiger partial charge in [0.1, 0.15) is 11.5 Å². The number of nitrogens with zero attached hydrogens (tertiary/aromatic N) is 1. The summed E-state index contributed by atoms with van der Waals surface area (Å²) >= 11 is 0. The second-order valence-electron chi connectivity index (χ2n) is 5.44. The zero-order valence-corrected chi connectivity index (χ0v) is 14.2. The molecule has 1 aromatic rings. The minimum Gasteiger partial charge on any atom is -0.497 e. The molecule has 1 aliphatic rings. The van der Waals surface area contributed by atoms with Gasteiger partial charge in [-0.1, -0.05) is 0 Å². The summed E-state index contributed by atoms with van der Waals surface area (Å²) < 4.78 is 16.3. The molecule has 1 aliphatic heterocycles. The summed E-state index contributed by atoms with van der Waals surface area (Å²) in [5.74, 6) is 2.50. The molecule has 23 heavy (non-hydrogen) atoms. The number of methoxy groups -OCH3 is 2. The van der Waals surface area contributed by atoms with Gasteiger partial charge in [-0.25, -0.2) is 0 Å². The highest BCUT2D eigenvalue weighted by atomic mass is 16.5.